The number of aromatic nitrogens is 1. The molecule has 0 spiro atoms. The van der Waals surface area contributed by atoms with Crippen LogP contribution < -0.4 is 10.1 Å². The molecule has 17 heavy (non-hydrogen) atoms. The summed E-state index contributed by atoms with van der Waals surface area (Å²) in [6, 6.07) is 3.41. The largest absolute Gasteiger partial charge is 0.497 e. The fourth-order valence-electron chi connectivity index (χ4n) is 1.38. The van der Waals surface area contributed by atoms with Crippen molar-refractivity contribution in [2.75, 3.05) is 12.4 Å². The van der Waals surface area contributed by atoms with Crippen LogP contribution in [0.4, 0.5) is 5.82 Å². The lowest BCUT2D eigenvalue weighted by molar-refractivity contribution is 0.102. The minimum atomic E-state index is -0.149. The Morgan fingerprint density at radius 1 is 1.47 bits per heavy atom. The van der Waals surface area contributed by atoms with Crippen LogP contribution in [0.2, 0.25) is 0 Å². The summed E-state index contributed by atoms with van der Waals surface area (Å²) in [7, 11) is 1.57. The second kappa shape index (κ2) is 4.97. The zero-order valence-corrected chi connectivity index (χ0v) is 10.4. The van der Waals surface area contributed by atoms with Crippen molar-refractivity contribution in [3.63, 3.8) is 0 Å². The zero-order chi connectivity index (χ0) is 12.3. The Morgan fingerprint density at radius 3 is 2.94 bits per heavy atom. The zero-order valence-electron chi connectivity index (χ0n) is 9.56. The monoisotopic (exact) mass is 248 g/mol. The molecule has 5 heteroatoms. The summed E-state index contributed by atoms with van der Waals surface area (Å²) in [6.45, 7) is 1.91. The summed E-state index contributed by atoms with van der Waals surface area (Å²) in [5, 5.41) is 6.50. The molecule has 1 amide bonds. The van der Waals surface area contributed by atoms with Crippen molar-refractivity contribution in [1.29, 1.82) is 0 Å². The van der Waals surface area contributed by atoms with Gasteiger partial charge in [0.1, 0.15) is 11.6 Å². The number of amides is 1. The molecule has 88 valence electrons. The van der Waals surface area contributed by atoms with Gasteiger partial charge in [0.2, 0.25) is 0 Å². The number of thiophene rings is 1. The highest BCUT2D eigenvalue weighted by Gasteiger charge is 2.10. The number of hydrogen-bond acceptors (Lipinski definition) is 4. The number of ether oxygens (including phenoxy) is 1. The van der Waals surface area contributed by atoms with E-state index in [1.165, 1.54) is 11.3 Å². The molecule has 0 aliphatic heterocycles. The van der Waals surface area contributed by atoms with Gasteiger partial charge in [-0.1, -0.05) is 0 Å². The first kappa shape index (κ1) is 11.6. The van der Waals surface area contributed by atoms with Crippen LogP contribution in [0.25, 0.3) is 0 Å². The van der Waals surface area contributed by atoms with Crippen LogP contribution in [0.3, 0.4) is 0 Å². The van der Waals surface area contributed by atoms with Gasteiger partial charge < -0.3 is 10.1 Å². The van der Waals surface area contributed by atoms with E-state index in [4.69, 9.17) is 4.74 Å². The number of rotatable bonds is 3. The van der Waals surface area contributed by atoms with E-state index in [1.54, 1.807) is 25.4 Å². The topological polar surface area (TPSA) is 51.2 Å². The molecule has 0 fully saturated rings. The van der Waals surface area contributed by atoms with Gasteiger partial charge >= 0.3 is 0 Å². The Balaban J connectivity index is 2.16. The van der Waals surface area contributed by atoms with E-state index in [0.29, 0.717) is 17.1 Å². The number of anilines is 1. The molecule has 2 rings (SSSR count). The van der Waals surface area contributed by atoms with Crippen LogP contribution in [0.1, 0.15) is 15.9 Å². The van der Waals surface area contributed by atoms with Gasteiger partial charge in [-0.25, -0.2) is 4.98 Å². The molecule has 0 unspecified atom stereocenters. The lowest BCUT2D eigenvalue weighted by atomic mass is 10.2. The van der Waals surface area contributed by atoms with Crippen LogP contribution in [-0.2, 0) is 0 Å². The summed E-state index contributed by atoms with van der Waals surface area (Å²) in [5.41, 5.74) is 1.65. The molecule has 1 N–H and O–H groups in total. The highest BCUT2D eigenvalue weighted by Crippen LogP contribution is 2.17. The second-order valence-corrected chi connectivity index (χ2v) is 4.25. The van der Waals surface area contributed by atoms with E-state index >= 15 is 0 Å². The Labute approximate surface area is 103 Å². The normalized spacial score (nSPS) is 10.0. The Bertz CT molecular complexity index is 537. The van der Waals surface area contributed by atoms with Gasteiger partial charge in [-0.15, -0.1) is 0 Å². The number of pyridine rings is 1. The van der Waals surface area contributed by atoms with Gasteiger partial charge in [0.25, 0.3) is 5.91 Å². The summed E-state index contributed by atoms with van der Waals surface area (Å²) in [6.07, 6.45) is 1.59. The molecule has 0 saturated carbocycles. The third-order valence-electron chi connectivity index (χ3n) is 2.31. The average molecular weight is 248 g/mol. The van der Waals surface area contributed by atoms with Gasteiger partial charge in [-0.2, -0.15) is 11.3 Å². The van der Waals surface area contributed by atoms with Crippen molar-refractivity contribution >= 4 is 23.1 Å². The highest BCUT2D eigenvalue weighted by molar-refractivity contribution is 7.08. The summed E-state index contributed by atoms with van der Waals surface area (Å²) < 4.78 is 5.06. The molecule has 0 aromatic carbocycles. The number of carbonyl (C=O) groups is 1. The number of nitrogens with one attached hydrogen (secondary N) is 1. The SMILES string of the molecule is COc1ccnc(NC(=O)c2cscc2C)c1. The van der Waals surface area contributed by atoms with E-state index in [2.05, 4.69) is 10.3 Å². The molecular weight excluding hydrogens is 236 g/mol. The molecule has 0 aliphatic carbocycles. The molecule has 4 nitrogen and oxygen atoms in total. The van der Waals surface area contributed by atoms with Crippen molar-refractivity contribution in [3.8, 4) is 5.75 Å². The molecule has 0 bridgehead atoms. The van der Waals surface area contributed by atoms with E-state index < -0.39 is 0 Å². The van der Waals surface area contributed by atoms with Gasteiger partial charge in [-0.3, -0.25) is 4.79 Å². The van der Waals surface area contributed by atoms with Gasteiger partial charge in [0.15, 0.2) is 0 Å². The van der Waals surface area contributed by atoms with Crippen molar-refractivity contribution < 1.29 is 9.53 Å². The maximum Gasteiger partial charge on any atom is 0.257 e. The minimum absolute atomic E-state index is 0.149. The molecule has 0 saturated heterocycles. The number of carbonyl (C=O) groups excluding carboxylic acids is 1. The van der Waals surface area contributed by atoms with Crippen LogP contribution >= 0.6 is 11.3 Å². The van der Waals surface area contributed by atoms with Crippen molar-refractivity contribution in [2.45, 2.75) is 6.92 Å². The molecule has 2 aromatic heterocycles. The van der Waals surface area contributed by atoms with E-state index in [9.17, 15) is 4.79 Å². The number of aryl methyl sites for hydroxylation is 1. The lowest BCUT2D eigenvalue weighted by Crippen LogP contribution is -2.13. The summed E-state index contributed by atoms with van der Waals surface area (Å²) in [4.78, 5) is 16.0. The van der Waals surface area contributed by atoms with Crippen LogP contribution in [0.5, 0.6) is 5.75 Å². The first-order valence-corrected chi connectivity index (χ1v) is 5.99. The lowest BCUT2D eigenvalue weighted by Gasteiger charge is -2.05. The first-order chi connectivity index (χ1) is 8.20. The molecular formula is C12H12N2O2S. The predicted molar refractivity (Wildman–Crippen MR) is 67.8 cm³/mol. The fourth-order valence-corrected chi connectivity index (χ4v) is 2.21. The standard InChI is InChI=1S/C12H12N2O2S/c1-8-6-17-7-10(8)12(15)14-11-5-9(16-2)3-4-13-11/h3-7H,1-2H3,(H,13,14,15). The van der Waals surface area contributed by atoms with Crippen molar-refractivity contribution in [1.82, 2.24) is 4.98 Å². The van der Waals surface area contributed by atoms with E-state index in [0.717, 1.165) is 5.56 Å². The smallest absolute Gasteiger partial charge is 0.257 e. The maximum absolute atomic E-state index is 11.9. The molecule has 2 aromatic rings. The van der Waals surface area contributed by atoms with Gasteiger partial charge in [0.05, 0.1) is 12.7 Å². The minimum Gasteiger partial charge on any atom is -0.497 e. The first-order valence-electron chi connectivity index (χ1n) is 5.05. The van der Waals surface area contributed by atoms with Gasteiger partial charge in [0, 0.05) is 17.6 Å². The van der Waals surface area contributed by atoms with Gasteiger partial charge in [-0.05, 0) is 23.9 Å². The summed E-state index contributed by atoms with van der Waals surface area (Å²) >= 11 is 1.51. The summed E-state index contributed by atoms with van der Waals surface area (Å²) in [5.74, 6) is 1.00. The third-order valence-corrected chi connectivity index (χ3v) is 3.17. The maximum atomic E-state index is 11.9. The molecule has 0 aliphatic rings. The second-order valence-electron chi connectivity index (χ2n) is 3.50. The Morgan fingerprint density at radius 2 is 2.29 bits per heavy atom. The van der Waals surface area contributed by atoms with Crippen molar-refractivity contribution in [3.05, 3.63) is 40.2 Å². The van der Waals surface area contributed by atoms with E-state index in [-0.39, 0.29) is 5.91 Å². The van der Waals surface area contributed by atoms with Crippen LogP contribution in [-0.4, -0.2) is 18.0 Å². The van der Waals surface area contributed by atoms with Crippen molar-refractivity contribution in [2.24, 2.45) is 0 Å². The Hall–Kier alpha value is -1.88. The molecule has 2 heterocycles. The quantitative estimate of drug-likeness (QED) is 0.908. The molecule has 0 atom stereocenters. The Kier molecular flexibility index (Phi) is 3.39. The number of nitrogens with zero attached hydrogens (tertiary/aromatic N) is 1. The van der Waals surface area contributed by atoms with E-state index in [1.807, 2.05) is 17.7 Å². The van der Waals surface area contributed by atoms with Crippen LogP contribution in [0.15, 0.2) is 29.1 Å². The molecule has 0 radical (unpaired) electrons. The number of hydrogen-bond donors (Lipinski definition) is 1. The number of methoxy groups -OCH3 is 1. The third kappa shape index (κ3) is 2.62. The van der Waals surface area contributed by atoms with Crippen LogP contribution in [0, 0.1) is 6.92 Å². The predicted octanol–water partition coefficient (Wildman–Crippen LogP) is 2.71. The fraction of sp³-hybridized carbons (Fsp3) is 0.167. The highest BCUT2D eigenvalue weighted by atomic mass is 32.1. The average Bonchev–Trinajstić information content (AvgIpc) is 2.76.